The van der Waals surface area contributed by atoms with E-state index >= 15 is 0 Å². The molecular formula is C21H30NO2P. The molecule has 2 atom stereocenters. The molecule has 2 aromatic rings. The van der Waals surface area contributed by atoms with Crippen molar-refractivity contribution in [1.29, 1.82) is 0 Å². The van der Waals surface area contributed by atoms with Crippen molar-refractivity contribution >= 4 is 19.6 Å². The molecule has 0 aliphatic rings. The highest BCUT2D eigenvalue weighted by atomic mass is 31.1. The minimum Gasteiger partial charge on any atom is -0.467 e. The van der Waals surface area contributed by atoms with Gasteiger partial charge in [0.25, 0.3) is 0 Å². The molecule has 0 heterocycles. The van der Waals surface area contributed by atoms with Gasteiger partial charge in [-0.15, -0.1) is 0 Å². The maximum Gasteiger partial charge on any atom is 0.188 e. The second-order valence-corrected chi connectivity index (χ2v) is 8.66. The highest BCUT2D eigenvalue weighted by Gasteiger charge is 2.29. The number of rotatable bonds is 8. The summed E-state index contributed by atoms with van der Waals surface area (Å²) < 4.78 is 10.9. The first-order valence-corrected chi connectivity index (χ1v) is 9.68. The number of nitrogens with zero attached hydrogens (tertiary/aromatic N) is 1. The maximum atomic E-state index is 5.84. The molecule has 0 spiro atoms. The molecule has 0 aliphatic carbocycles. The first kappa shape index (κ1) is 19.8. The minimum absolute atomic E-state index is 0.0182. The summed E-state index contributed by atoms with van der Waals surface area (Å²) >= 11 is 0. The van der Waals surface area contributed by atoms with Crippen LogP contribution in [0, 0.1) is 6.92 Å². The fourth-order valence-electron chi connectivity index (χ4n) is 2.93. The normalized spacial score (nSPS) is 13.8. The van der Waals surface area contributed by atoms with Crippen molar-refractivity contribution in [2.45, 2.75) is 32.3 Å². The Kier molecular flexibility index (Phi) is 6.87. The van der Waals surface area contributed by atoms with Crippen LogP contribution in [-0.4, -0.2) is 28.0 Å². The van der Waals surface area contributed by atoms with Crippen LogP contribution in [0.15, 0.2) is 42.5 Å². The van der Waals surface area contributed by atoms with E-state index in [0.29, 0.717) is 8.58 Å². The number of aryl methyl sites for hydroxylation is 1. The van der Waals surface area contributed by atoms with Gasteiger partial charge in [0.05, 0.1) is 0 Å². The van der Waals surface area contributed by atoms with Gasteiger partial charge in [-0.2, -0.15) is 0 Å². The van der Waals surface area contributed by atoms with Gasteiger partial charge in [-0.05, 0) is 36.3 Å². The Labute approximate surface area is 154 Å². The van der Waals surface area contributed by atoms with Crippen LogP contribution in [-0.2, 0) is 9.89 Å². The van der Waals surface area contributed by atoms with Gasteiger partial charge in [0.2, 0.25) is 0 Å². The Morgan fingerprint density at radius 3 is 2.48 bits per heavy atom. The quantitative estimate of drug-likeness (QED) is 0.505. The van der Waals surface area contributed by atoms with Crippen LogP contribution in [0.5, 0.6) is 5.75 Å². The number of hydrogen-bond acceptors (Lipinski definition) is 3. The highest BCUT2D eigenvalue weighted by Crippen LogP contribution is 2.48. The molecule has 0 bridgehead atoms. The second-order valence-electron chi connectivity index (χ2n) is 6.77. The molecule has 0 amide bonds. The van der Waals surface area contributed by atoms with E-state index in [2.05, 4.69) is 70.1 Å². The summed E-state index contributed by atoms with van der Waals surface area (Å²) in [7, 11) is 6.53. The zero-order valence-corrected chi connectivity index (χ0v) is 17.2. The van der Waals surface area contributed by atoms with Gasteiger partial charge in [0.15, 0.2) is 6.79 Å². The maximum absolute atomic E-state index is 5.84. The zero-order chi connectivity index (χ0) is 18.4. The lowest BCUT2D eigenvalue weighted by Crippen LogP contribution is -2.23. The molecule has 0 N–H and O–H groups in total. The third-order valence-corrected chi connectivity index (χ3v) is 6.43. The summed E-state index contributed by atoms with van der Waals surface area (Å²) in [4.78, 5) is 2.21. The van der Waals surface area contributed by atoms with Gasteiger partial charge in [-0.25, -0.2) is 0 Å². The van der Waals surface area contributed by atoms with Crippen molar-refractivity contribution in [1.82, 2.24) is 0 Å². The summed E-state index contributed by atoms with van der Waals surface area (Å²) in [5, 5.41) is 1.41. The van der Waals surface area contributed by atoms with Gasteiger partial charge in [-0.1, -0.05) is 52.8 Å². The predicted octanol–water partition coefficient (Wildman–Crippen LogP) is 4.67. The molecule has 3 nitrogen and oxygen atoms in total. The van der Waals surface area contributed by atoms with E-state index in [1.165, 1.54) is 22.1 Å². The lowest BCUT2D eigenvalue weighted by molar-refractivity contribution is 0.0500. The van der Waals surface area contributed by atoms with E-state index in [4.69, 9.17) is 9.47 Å². The number of hydrogen-bond donors (Lipinski definition) is 0. The average Bonchev–Trinajstić information content (AvgIpc) is 2.61. The monoisotopic (exact) mass is 359 g/mol. The van der Waals surface area contributed by atoms with Crippen LogP contribution in [0.1, 0.15) is 31.4 Å². The van der Waals surface area contributed by atoms with Crippen molar-refractivity contribution in [3.05, 3.63) is 53.6 Å². The lowest BCUT2D eigenvalue weighted by atomic mass is 9.96. The zero-order valence-electron chi connectivity index (χ0n) is 16.2. The smallest absolute Gasteiger partial charge is 0.188 e. The number of benzene rings is 2. The first-order valence-electron chi connectivity index (χ1n) is 8.68. The topological polar surface area (TPSA) is 21.7 Å². The number of para-hydroxylation sites is 1. The van der Waals surface area contributed by atoms with Crippen LogP contribution in [0.3, 0.4) is 0 Å². The van der Waals surface area contributed by atoms with Gasteiger partial charge >= 0.3 is 0 Å². The summed E-state index contributed by atoms with van der Waals surface area (Å²) in [6, 6.07) is 15.1. The Morgan fingerprint density at radius 1 is 1.12 bits per heavy atom. The van der Waals surface area contributed by atoms with Crippen molar-refractivity contribution in [3.63, 3.8) is 0 Å². The molecular weight excluding hydrogens is 329 g/mol. The molecule has 0 fully saturated rings. The number of ether oxygens (including phenoxy) is 2. The second kappa shape index (κ2) is 8.69. The van der Waals surface area contributed by atoms with E-state index in [1.807, 2.05) is 12.1 Å². The van der Waals surface area contributed by atoms with Gasteiger partial charge in [-0.3, -0.25) is 0 Å². The van der Waals surface area contributed by atoms with E-state index in [1.54, 1.807) is 7.11 Å². The molecule has 4 heteroatoms. The molecule has 0 radical (unpaired) electrons. The standard InChI is InChI=1S/C21H30NO2P/c1-7-21(3,17-10-8-9-11-19(17)24-15-23-6)25-20-13-12-16(2)14-18(20)22(4)5/h8-14,25H,7,15H2,1-6H3. The Morgan fingerprint density at radius 2 is 1.84 bits per heavy atom. The van der Waals surface area contributed by atoms with Crippen molar-refractivity contribution in [3.8, 4) is 5.75 Å². The minimum atomic E-state index is 0.0182. The third kappa shape index (κ3) is 4.74. The van der Waals surface area contributed by atoms with Crippen LogP contribution in [0.25, 0.3) is 0 Å². The molecule has 0 saturated carbocycles. The van der Waals surface area contributed by atoms with E-state index in [-0.39, 0.29) is 11.9 Å². The van der Waals surface area contributed by atoms with Crippen LogP contribution < -0.4 is 14.9 Å². The van der Waals surface area contributed by atoms with Crippen molar-refractivity contribution in [2.75, 3.05) is 32.9 Å². The van der Waals surface area contributed by atoms with E-state index < -0.39 is 0 Å². The van der Waals surface area contributed by atoms with Crippen LogP contribution in [0.2, 0.25) is 0 Å². The molecule has 0 aromatic heterocycles. The average molecular weight is 359 g/mol. The summed E-state index contributed by atoms with van der Waals surface area (Å²) in [5.74, 6) is 0.916. The van der Waals surface area contributed by atoms with E-state index in [9.17, 15) is 0 Å². The molecule has 136 valence electrons. The SMILES string of the molecule is CCC(C)(Pc1ccc(C)cc1N(C)C)c1ccccc1OCOC. The van der Waals surface area contributed by atoms with Gasteiger partial charge in [0.1, 0.15) is 5.75 Å². The van der Waals surface area contributed by atoms with Gasteiger partial charge in [0, 0.05) is 37.6 Å². The summed E-state index contributed by atoms with van der Waals surface area (Å²) in [5.41, 5.74) is 3.84. The number of anilines is 1. The molecule has 0 aliphatic heterocycles. The molecule has 0 saturated heterocycles. The van der Waals surface area contributed by atoms with Crippen LogP contribution in [0.4, 0.5) is 5.69 Å². The van der Waals surface area contributed by atoms with Crippen molar-refractivity contribution in [2.24, 2.45) is 0 Å². The lowest BCUT2D eigenvalue weighted by Gasteiger charge is -2.32. The van der Waals surface area contributed by atoms with E-state index in [0.717, 1.165) is 12.2 Å². The molecule has 2 rings (SSSR count). The first-order chi connectivity index (χ1) is 11.9. The molecule has 2 aromatic carbocycles. The molecule has 25 heavy (non-hydrogen) atoms. The largest absolute Gasteiger partial charge is 0.467 e. The Bertz CT molecular complexity index is 702. The van der Waals surface area contributed by atoms with Gasteiger partial charge < -0.3 is 14.4 Å². The Hall–Kier alpha value is -1.57. The fourth-order valence-corrected chi connectivity index (χ4v) is 4.63. The van der Waals surface area contributed by atoms with Crippen LogP contribution >= 0.6 is 8.58 Å². The Balaban J connectivity index is 2.42. The highest BCUT2D eigenvalue weighted by molar-refractivity contribution is 7.49. The summed E-state index contributed by atoms with van der Waals surface area (Å²) in [6.07, 6.45) is 1.04. The van der Waals surface area contributed by atoms with Crippen molar-refractivity contribution < 1.29 is 9.47 Å². The predicted molar refractivity (Wildman–Crippen MR) is 110 cm³/mol. The fraction of sp³-hybridized carbons (Fsp3) is 0.429. The summed E-state index contributed by atoms with van der Waals surface area (Å²) in [6.45, 7) is 7.00. The number of methoxy groups -OCH3 is 1. The molecule has 2 unspecified atom stereocenters. The third-order valence-electron chi connectivity index (χ3n) is 4.57.